The molecule has 0 saturated carbocycles. The topological polar surface area (TPSA) is 68.9 Å². The second kappa shape index (κ2) is 7.13. The molecule has 0 aliphatic carbocycles. The van der Waals surface area contributed by atoms with E-state index in [1.54, 1.807) is 25.1 Å². The highest BCUT2D eigenvalue weighted by molar-refractivity contribution is 5.90. The molecule has 2 rings (SSSR count). The van der Waals surface area contributed by atoms with Crippen molar-refractivity contribution in [1.82, 2.24) is 0 Å². The van der Waals surface area contributed by atoms with Crippen molar-refractivity contribution < 1.29 is 23.8 Å². The molecule has 118 valence electrons. The smallest absolute Gasteiger partial charge is 0.341 e. The molecule has 1 aromatic carbocycles. The Balaban J connectivity index is 2.00. The molecule has 0 fully saturated rings. The molecule has 0 bridgehead atoms. The van der Waals surface area contributed by atoms with Crippen molar-refractivity contribution in [3.8, 4) is 5.75 Å². The Morgan fingerprint density at radius 2 is 2.00 bits per heavy atom. The maximum absolute atomic E-state index is 11.5. The van der Waals surface area contributed by atoms with Crippen molar-refractivity contribution in [2.24, 2.45) is 0 Å². The van der Waals surface area contributed by atoms with Crippen LogP contribution >= 0.6 is 0 Å². The van der Waals surface area contributed by atoms with E-state index < -0.39 is 12.1 Å². The van der Waals surface area contributed by atoms with Gasteiger partial charge in [-0.25, -0.2) is 4.79 Å². The van der Waals surface area contributed by atoms with Crippen LogP contribution in [0.4, 0.5) is 0 Å². The van der Waals surface area contributed by atoms with E-state index in [0.717, 1.165) is 5.56 Å². The van der Waals surface area contributed by atoms with E-state index in [-0.39, 0.29) is 6.61 Å². The molecule has 5 nitrogen and oxygen atoms in total. The summed E-state index contributed by atoms with van der Waals surface area (Å²) >= 11 is 0. The van der Waals surface area contributed by atoms with Gasteiger partial charge in [-0.1, -0.05) is 19.1 Å². The summed E-state index contributed by atoms with van der Waals surface area (Å²) in [5.74, 6) is 1.30. The van der Waals surface area contributed by atoms with Gasteiger partial charge < -0.3 is 19.0 Å². The van der Waals surface area contributed by atoms with Crippen LogP contribution in [-0.2, 0) is 11.3 Å². The van der Waals surface area contributed by atoms with E-state index in [2.05, 4.69) is 4.74 Å². The molecular weight excluding hydrogens is 284 g/mol. The summed E-state index contributed by atoms with van der Waals surface area (Å²) in [7, 11) is 1.33. The number of rotatable bonds is 6. The Morgan fingerprint density at radius 3 is 2.59 bits per heavy atom. The second-order valence-electron chi connectivity index (χ2n) is 4.96. The molecule has 0 amide bonds. The first-order valence-corrected chi connectivity index (χ1v) is 7.13. The fourth-order valence-electron chi connectivity index (χ4n) is 2.10. The van der Waals surface area contributed by atoms with Crippen LogP contribution in [0.2, 0.25) is 0 Å². The number of hydrogen-bond donors (Lipinski definition) is 1. The second-order valence-corrected chi connectivity index (χ2v) is 4.96. The molecule has 1 heterocycles. The van der Waals surface area contributed by atoms with Gasteiger partial charge in [-0.2, -0.15) is 0 Å². The number of aliphatic hydroxyl groups excluding tert-OH is 1. The standard InChI is InChI=1S/C17H20O5/c1-4-16(18)12-5-7-13(8-6-12)21-10-14-9-15(11(2)22-14)17(19)20-3/h5-9,16,18H,4,10H2,1-3H3. The average Bonchev–Trinajstić information content (AvgIpc) is 2.92. The molecule has 1 aromatic heterocycles. The molecule has 0 spiro atoms. The van der Waals surface area contributed by atoms with Gasteiger partial charge in [-0.05, 0) is 37.1 Å². The monoisotopic (exact) mass is 304 g/mol. The summed E-state index contributed by atoms with van der Waals surface area (Å²) in [5.41, 5.74) is 1.26. The first-order chi connectivity index (χ1) is 10.5. The van der Waals surface area contributed by atoms with Crippen molar-refractivity contribution in [1.29, 1.82) is 0 Å². The van der Waals surface area contributed by atoms with E-state index in [9.17, 15) is 9.90 Å². The number of aliphatic hydroxyl groups is 1. The van der Waals surface area contributed by atoms with Crippen molar-refractivity contribution >= 4 is 5.97 Å². The molecule has 1 N–H and O–H groups in total. The number of carbonyl (C=O) groups excluding carboxylic acids is 1. The SMILES string of the molecule is CCC(O)c1ccc(OCc2cc(C(=O)OC)c(C)o2)cc1. The van der Waals surface area contributed by atoms with Crippen LogP contribution in [0.3, 0.4) is 0 Å². The van der Waals surface area contributed by atoms with Crippen LogP contribution in [0.15, 0.2) is 34.7 Å². The number of carbonyl (C=O) groups is 1. The van der Waals surface area contributed by atoms with Gasteiger partial charge in [-0.15, -0.1) is 0 Å². The molecule has 5 heteroatoms. The van der Waals surface area contributed by atoms with Gasteiger partial charge in [0, 0.05) is 0 Å². The minimum absolute atomic E-state index is 0.216. The molecule has 1 atom stereocenters. The Morgan fingerprint density at radius 1 is 1.32 bits per heavy atom. The molecule has 0 radical (unpaired) electrons. The molecular formula is C17H20O5. The summed E-state index contributed by atoms with van der Waals surface area (Å²) in [6.07, 6.45) is 0.215. The largest absolute Gasteiger partial charge is 0.486 e. The maximum Gasteiger partial charge on any atom is 0.341 e. The lowest BCUT2D eigenvalue weighted by atomic mass is 10.1. The summed E-state index contributed by atoms with van der Waals surface area (Å²) in [5, 5.41) is 9.74. The molecule has 0 aliphatic heterocycles. The number of hydrogen-bond acceptors (Lipinski definition) is 5. The van der Waals surface area contributed by atoms with Crippen LogP contribution in [0.1, 0.15) is 46.9 Å². The molecule has 0 saturated heterocycles. The number of aryl methyl sites for hydroxylation is 1. The van der Waals surface area contributed by atoms with E-state index in [0.29, 0.717) is 29.3 Å². The first kappa shape index (κ1) is 16.1. The fraction of sp³-hybridized carbons (Fsp3) is 0.353. The lowest BCUT2D eigenvalue weighted by Gasteiger charge is -2.09. The number of esters is 1. The Labute approximate surface area is 129 Å². The third-order valence-electron chi connectivity index (χ3n) is 3.41. The van der Waals surface area contributed by atoms with Crippen LogP contribution in [0, 0.1) is 6.92 Å². The predicted molar refractivity (Wildman–Crippen MR) is 80.8 cm³/mol. The molecule has 22 heavy (non-hydrogen) atoms. The van der Waals surface area contributed by atoms with Crippen LogP contribution in [0.5, 0.6) is 5.75 Å². The summed E-state index contributed by atoms with van der Waals surface area (Å²) in [4.78, 5) is 11.5. The van der Waals surface area contributed by atoms with Gasteiger partial charge in [0.1, 0.15) is 29.4 Å². The Bertz CT molecular complexity index is 627. The van der Waals surface area contributed by atoms with Crippen LogP contribution in [0.25, 0.3) is 0 Å². The zero-order valence-electron chi connectivity index (χ0n) is 13.0. The van der Waals surface area contributed by atoms with Crippen molar-refractivity contribution in [2.75, 3.05) is 7.11 Å². The van der Waals surface area contributed by atoms with E-state index in [4.69, 9.17) is 9.15 Å². The lowest BCUT2D eigenvalue weighted by molar-refractivity contribution is 0.0599. The minimum Gasteiger partial charge on any atom is -0.486 e. The Kier molecular flexibility index (Phi) is 5.22. The third-order valence-corrected chi connectivity index (χ3v) is 3.41. The lowest BCUT2D eigenvalue weighted by Crippen LogP contribution is -2.00. The summed E-state index contributed by atoms with van der Waals surface area (Å²) < 4.78 is 15.8. The maximum atomic E-state index is 11.5. The molecule has 1 unspecified atom stereocenters. The van der Waals surface area contributed by atoms with E-state index in [1.165, 1.54) is 7.11 Å². The number of ether oxygens (including phenoxy) is 2. The number of methoxy groups -OCH3 is 1. The van der Waals surface area contributed by atoms with Gasteiger partial charge in [-0.3, -0.25) is 0 Å². The number of benzene rings is 1. The van der Waals surface area contributed by atoms with Crippen molar-refractivity contribution in [2.45, 2.75) is 33.0 Å². The highest BCUT2D eigenvalue weighted by atomic mass is 16.5. The highest BCUT2D eigenvalue weighted by Gasteiger charge is 2.15. The van der Waals surface area contributed by atoms with Gasteiger partial charge in [0.05, 0.1) is 13.2 Å². The van der Waals surface area contributed by atoms with Gasteiger partial charge in [0.15, 0.2) is 0 Å². The quantitative estimate of drug-likeness (QED) is 0.828. The Hall–Kier alpha value is -2.27. The number of furan rings is 1. The van der Waals surface area contributed by atoms with Gasteiger partial charge in [0.2, 0.25) is 0 Å². The third kappa shape index (κ3) is 3.68. The highest BCUT2D eigenvalue weighted by Crippen LogP contribution is 2.22. The summed E-state index contributed by atoms with van der Waals surface area (Å²) in [6.45, 7) is 3.84. The van der Waals surface area contributed by atoms with Gasteiger partial charge >= 0.3 is 5.97 Å². The van der Waals surface area contributed by atoms with Crippen molar-refractivity contribution in [3.05, 3.63) is 53.0 Å². The average molecular weight is 304 g/mol. The van der Waals surface area contributed by atoms with E-state index in [1.807, 2.05) is 19.1 Å². The van der Waals surface area contributed by atoms with Crippen LogP contribution < -0.4 is 4.74 Å². The zero-order valence-corrected chi connectivity index (χ0v) is 13.0. The molecule has 0 aliphatic rings. The zero-order chi connectivity index (χ0) is 16.1. The van der Waals surface area contributed by atoms with Crippen LogP contribution in [-0.4, -0.2) is 18.2 Å². The minimum atomic E-state index is -0.454. The first-order valence-electron chi connectivity index (χ1n) is 7.13. The van der Waals surface area contributed by atoms with Gasteiger partial charge in [0.25, 0.3) is 0 Å². The fourth-order valence-corrected chi connectivity index (χ4v) is 2.10. The van der Waals surface area contributed by atoms with E-state index >= 15 is 0 Å². The predicted octanol–water partition coefficient (Wildman–Crippen LogP) is 3.40. The summed E-state index contributed by atoms with van der Waals surface area (Å²) in [6, 6.07) is 8.88. The normalized spacial score (nSPS) is 12.0. The van der Waals surface area contributed by atoms with Crippen molar-refractivity contribution in [3.63, 3.8) is 0 Å². The molecule has 2 aromatic rings.